The first-order valence-electron chi connectivity index (χ1n) is 14.3. The summed E-state index contributed by atoms with van der Waals surface area (Å²) in [5.74, 6) is -1.81. The summed E-state index contributed by atoms with van der Waals surface area (Å²) in [6.45, 7) is 1.84. The topological polar surface area (TPSA) is 90.9 Å². The highest BCUT2D eigenvalue weighted by Gasteiger charge is 2.40. The summed E-state index contributed by atoms with van der Waals surface area (Å²) in [6.07, 6.45) is 0.161. The smallest absolute Gasteiger partial charge is 0.239 e. The van der Waals surface area contributed by atoms with E-state index in [0.717, 1.165) is 46.5 Å². The third-order valence-corrected chi connectivity index (χ3v) is 10.3. The highest BCUT2D eigenvalue weighted by Crippen LogP contribution is 2.49. The number of carbonyl (C=O) groups is 1. The van der Waals surface area contributed by atoms with Gasteiger partial charge in [-0.1, -0.05) is 71.7 Å². The van der Waals surface area contributed by atoms with Gasteiger partial charge in [0.25, 0.3) is 0 Å². The van der Waals surface area contributed by atoms with Crippen LogP contribution in [0.4, 0.5) is 14.5 Å². The highest BCUT2D eigenvalue weighted by molar-refractivity contribution is 7.92. The molecule has 0 aromatic heterocycles. The number of nitrogens with one attached hydrogen (secondary N) is 2. The van der Waals surface area contributed by atoms with Crippen molar-refractivity contribution in [2.75, 3.05) is 23.9 Å². The van der Waals surface area contributed by atoms with Crippen LogP contribution in [0, 0.1) is 11.6 Å². The fourth-order valence-corrected chi connectivity index (χ4v) is 7.87. The summed E-state index contributed by atoms with van der Waals surface area (Å²) in [7, 11) is -4.23. The van der Waals surface area contributed by atoms with E-state index in [4.69, 9.17) is 23.2 Å². The zero-order valence-corrected chi connectivity index (χ0v) is 27.4. The number of halogens is 5. The molecule has 6 rings (SSSR count). The number of rotatable bonds is 9. The molecule has 2 aliphatic heterocycles. The van der Waals surface area contributed by atoms with Crippen molar-refractivity contribution >= 4 is 63.1 Å². The van der Waals surface area contributed by atoms with Gasteiger partial charge in [0.2, 0.25) is 15.9 Å². The summed E-state index contributed by atoms with van der Waals surface area (Å²) in [5.41, 5.74) is 2.94. The standard InChI is InChI=1S/C33H28Cl2F2N4O3S.ClH/c34-26-10-7-21(15-27(26)35)19-45(43,44)41-29-4-2-1-3-24(29)32-25(16-23(36)17-28(32)37)30(41)18-31(42)38-12-11-20-5-8-22(9-6-20)33-39-13-14-40-33;/h1-10,15-17,30H,11-14,18-19H2,(H,38,42)(H,39,40);1H. The minimum Gasteiger partial charge on any atom is -0.368 e. The maximum absolute atomic E-state index is 15.3. The van der Waals surface area contributed by atoms with Gasteiger partial charge in [-0.3, -0.25) is 14.1 Å². The average molecular weight is 706 g/mol. The summed E-state index contributed by atoms with van der Waals surface area (Å²) in [5, 5.41) is 6.54. The van der Waals surface area contributed by atoms with E-state index in [1.165, 1.54) is 12.1 Å². The third-order valence-electron chi connectivity index (χ3n) is 7.79. The molecule has 4 aromatic rings. The number of benzene rings is 4. The van der Waals surface area contributed by atoms with Gasteiger partial charge in [-0.25, -0.2) is 17.2 Å². The Morgan fingerprint density at radius 2 is 1.72 bits per heavy atom. The first kappa shape index (κ1) is 33.7. The number of nitrogens with zero attached hydrogens (tertiary/aromatic N) is 2. The number of aliphatic imine (C=N–C) groups is 1. The minimum absolute atomic E-state index is 0. The monoisotopic (exact) mass is 704 g/mol. The number of hydrogen-bond acceptors (Lipinski definition) is 5. The largest absolute Gasteiger partial charge is 0.368 e. The second kappa shape index (κ2) is 14.0. The zero-order valence-electron chi connectivity index (χ0n) is 24.3. The van der Waals surface area contributed by atoms with Crippen molar-refractivity contribution in [2.45, 2.75) is 24.6 Å². The van der Waals surface area contributed by atoms with Crippen molar-refractivity contribution in [3.8, 4) is 11.1 Å². The minimum atomic E-state index is -4.23. The quantitative estimate of drug-likeness (QED) is 0.199. The van der Waals surface area contributed by atoms with E-state index in [-0.39, 0.29) is 57.8 Å². The fourth-order valence-electron chi connectivity index (χ4n) is 5.77. The normalized spacial score (nSPS) is 15.3. The van der Waals surface area contributed by atoms with Crippen LogP contribution in [0.3, 0.4) is 0 Å². The van der Waals surface area contributed by atoms with Gasteiger partial charge in [-0.15, -0.1) is 12.4 Å². The lowest BCUT2D eigenvalue weighted by Crippen LogP contribution is -2.41. The van der Waals surface area contributed by atoms with Gasteiger partial charge in [0, 0.05) is 35.8 Å². The van der Waals surface area contributed by atoms with Crippen LogP contribution in [0.2, 0.25) is 10.0 Å². The lowest BCUT2D eigenvalue weighted by Gasteiger charge is -2.39. The number of fused-ring (bicyclic) bond motifs is 3. The molecule has 0 bridgehead atoms. The van der Waals surface area contributed by atoms with Crippen molar-refractivity contribution in [3.05, 3.63) is 123 Å². The Morgan fingerprint density at radius 1 is 0.978 bits per heavy atom. The second-order valence-electron chi connectivity index (χ2n) is 10.8. The molecule has 0 fully saturated rings. The van der Waals surface area contributed by atoms with Crippen molar-refractivity contribution in [3.63, 3.8) is 0 Å². The number of para-hydroxylation sites is 1. The Bertz CT molecular complexity index is 1920. The maximum Gasteiger partial charge on any atom is 0.239 e. The molecular weight excluding hydrogens is 677 g/mol. The van der Waals surface area contributed by atoms with E-state index in [0.29, 0.717) is 12.0 Å². The first-order valence-corrected chi connectivity index (χ1v) is 16.7. The van der Waals surface area contributed by atoms with Gasteiger partial charge < -0.3 is 10.6 Å². The van der Waals surface area contributed by atoms with Crippen LogP contribution in [-0.4, -0.2) is 39.8 Å². The number of amidine groups is 1. The molecule has 1 unspecified atom stereocenters. The van der Waals surface area contributed by atoms with Crippen LogP contribution in [0.5, 0.6) is 0 Å². The predicted octanol–water partition coefficient (Wildman–Crippen LogP) is 6.85. The SMILES string of the molecule is Cl.O=C(CC1c2cc(F)cc(F)c2-c2ccccc2N1S(=O)(=O)Cc1ccc(Cl)c(Cl)c1)NCCc1ccc(C2=NCCN2)cc1. The second-order valence-corrected chi connectivity index (χ2v) is 13.5. The van der Waals surface area contributed by atoms with E-state index >= 15 is 4.39 Å². The van der Waals surface area contributed by atoms with Crippen molar-refractivity contribution in [1.82, 2.24) is 10.6 Å². The third kappa shape index (κ3) is 7.00. The van der Waals surface area contributed by atoms with Crippen LogP contribution < -0.4 is 14.9 Å². The number of hydrogen-bond donors (Lipinski definition) is 2. The Kier molecular flexibility index (Phi) is 10.2. The van der Waals surface area contributed by atoms with E-state index in [1.54, 1.807) is 30.3 Å². The first-order chi connectivity index (χ1) is 21.6. The molecular formula is C33H29Cl3F2N4O3S. The molecule has 1 amide bonds. The molecule has 2 heterocycles. The van der Waals surface area contributed by atoms with Crippen LogP contribution in [0.25, 0.3) is 11.1 Å². The Hall–Kier alpha value is -3.70. The van der Waals surface area contributed by atoms with Gasteiger partial charge in [0.05, 0.1) is 40.5 Å². The van der Waals surface area contributed by atoms with Crippen molar-refractivity contribution in [1.29, 1.82) is 0 Å². The number of anilines is 1. The molecule has 46 heavy (non-hydrogen) atoms. The molecule has 13 heteroatoms. The van der Waals surface area contributed by atoms with E-state index in [1.807, 2.05) is 24.3 Å². The van der Waals surface area contributed by atoms with E-state index in [9.17, 15) is 17.6 Å². The molecule has 0 radical (unpaired) electrons. The van der Waals surface area contributed by atoms with Gasteiger partial charge in [0.15, 0.2) is 0 Å². The number of amides is 1. The molecule has 0 saturated carbocycles. The Labute approximate surface area is 282 Å². The van der Waals surface area contributed by atoms with Crippen molar-refractivity contribution < 1.29 is 22.0 Å². The molecule has 0 aliphatic carbocycles. The van der Waals surface area contributed by atoms with Crippen LogP contribution in [-0.2, 0) is 27.0 Å². The molecule has 2 N–H and O–H groups in total. The van der Waals surface area contributed by atoms with Crippen LogP contribution >= 0.6 is 35.6 Å². The van der Waals surface area contributed by atoms with Gasteiger partial charge in [-0.05, 0) is 47.4 Å². The lowest BCUT2D eigenvalue weighted by molar-refractivity contribution is -0.121. The number of sulfonamides is 1. The van der Waals surface area contributed by atoms with E-state index in [2.05, 4.69) is 15.6 Å². The molecule has 0 spiro atoms. The maximum atomic E-state index is 15.3. The molecule has 7 nitrogen and oxygen atoms in total. The summed E-state index contributed by atoms with van der Waals surface area (Å²) < 4.78 is 59.4. The lowest BCUT2D eigenvalue weighted by atomic mass is 9.87. The average Bonchev–Trinajstić information content (AvgIpc) is 3.54. The summed E-state index contributed by atoms with van der Waals surface area (Å²) >= 11 is 12.2. The summed E-state index contributed by atoms with van der Waals surface area (Å²) in [6, 6.07) is 19.4. The van der Waals surface area contributed by atoms with Crippen LogP contribution in [0.1, 0.15) is 34.7 Å². The van der Waals surface area contributed by atoms with Gasteiger partial charge in [-0.2, -0.15) is 0 Å². The van der Waals surface area contributed by atoms with Gasteiger partial charge >= 0.3 is 0 Å². The van der Waals surface area contributed by atoms with Crippen LogP contribution in [0.15, 0.2) is 83.9 Å². The van der Waals surface area contributed by atoms with Gasteiger partial charge in [0.1, 0.15) is 17.5 Å². The Balaban J connectivity index is 0.00000417. The molecule has 240 valence electrons. The molecule has 4 aromatic carbocycles. The molecule has 2 aliphatic rings. The fraction of sp³-hybridized carbons (Fsp3) is 0.212. The van der Waals surface area contributed by atoms with E-state index < -0.39 is 39.4 Å². The Morgan fingerprint density at radius 3 is 2.43 bits per heavy atom. The number of carbonyl (C=O) groups excluding carboxylic acids is 1. The highest BCUT2D eigenvalue weighted by atomic mass is 35.5. The van der Waals surface area contributed by atoms with Crippen molar-refractivity contribution in [2.24, 2.45) is 4.99 Å². The molecule has 1 atom stereocenters. The predicted molar refractivity (Wildman–Crippen MR) is 181 cm³/mol. The molecule has 0 saturated heterocycles. The summed E-state index contributed by atoms with van der Waals surface area (Å²) in [4.78, 5) is 17.8. The zero-order chi connectivity index (χ0) is 31.7.